The number of benzene rings is 2. The number of nitrogens with one attached hydrogen (secondary N) is 1. The lowest BCUT2D eigenvalue weighted by Crippen LogP contribution is -2.32. The van der Waals surface area contributed by atoms with Gasteiger partial charge in [-0.15, -0.1) is 0 Å². The van der Waals surface area contributed by atoms with Crippen LogP contribution in [0.5, 0.6) is 5.75 Å². The van der Waals surface area contributed by atoms with Crippen molar-refractivity contribution in [3.05, 3.63) is 107 Å². The van der Waals surface area contributed by atoms with E-state index in [2.05, 4.69) is 99.8 Å². The molecule has 0 fully saturated rings. The first-order valence-electron chi connectivity index (χ1n) is 12.3. The average molecular weight is 453 g/mol. The van der Waals surface area contributed by atoms with Crippen molar-refractivity contribution in [3.63, 3.8) is 0 Å². The van der Waals surface area contributed by atoms with E-state index in [1.807, 2.05) is 18.2 Å². The van der Waals surface area contributed by atoms with E-state index in [1.165, 1.54) is 16.8 Å². The van der Waals surface area contributed by atoms with Gasteiger partial charge >= 0.3 is 0 Å². The van der Waals surface area contributed by atoms with E-state index in [1.54, 1.807) is 7.11 Å². The zero-order valence-corrected chi connectivity index (χ0v) is 21.0. The molecule has 2 unspecified atom stereocenters. The summed E-state index contributed by atoms with van der Waals surface area (Å²) in [6.07, 6.45) is 5.72. The lowest BCUT2D eigenvalue weighted by molar-refractivity contribution is 0.400. The molecule has 0 radical (unpaired) electrons. The molecule has 3 nitrogen and oxygen atoms in total. The molecule has 2 atom stereocenters. The highest BCUT2D eigenvalue weighted by molar-refractivity contribution is 5.61. The Morgan fingerprint density at radius 2 is 1.68 bits per heavy atom. The first-order chi connectivity index (χ1) is 16.5. The van der Waals surface area contributed by atoms with E-state index in [0.29, 0.717) is 17.8 Å². The zero-order valence-electron chi connectivity index (χ0n) is 21.0. The number of allylic oxidation sites excluding steroid dienone is 4. The minimum atomic E-state index is -0.0387. The summed E-state index contributed by atoms with van der Waals surface area (Å²) in [4.78, 5) is 5.14. The van der Waals surface area contributed by atoms with Crippen molar-refractivity contribution in [2.24, 2.45) is 17.8 Å². The molecule has 0 amide bonds. The maximum atomic E-state index is 5.44. The van der Waals surface area contributed by atoms with E-state index in [9.17, 15) is 0 Å². The first kappa shape index (κ1) is 23.8. The summed E-state index contributed by atoms with van der Waals surface area (Å²) in [7, 11) is 1.70. The lowest BCUT2D eigenvalue weighted by atomic mass is 9.80. The molecule has 0 aliphatic heterocycles. The molecular weight excluding hydrogens is 416 g/mol. The van der Waals surface area contributed by atoms with E-state index in [0.717, 1.165) is 29.1 Å². The summed E-state index contributed by atoms with van der Waals surface area (Å²) in [6, 6.07) is 25.0. The molecule has 1 heterocycles. The van der Waals surface area contributed by atoms with Crippen molar-refractivity contribution in [3.8, 4) is 17.0 Å². The quantitative estimate of drug-likeness (QED) is 0.382. The van der Waals surface area contributed by atoms with E-state index < -0.39 is 0 Å². The third-order valence-electron chi connectivity index (χ3n) is 6.66. The minimum absolute atomic E-state index is 0.0387. The molecule has 34 heavy (non-hydrogen) atoms. The monoisotopic (exact) mass is 452 g/mol. The summed E-state index contributed by atoms with van der Waals surface area (Å²) < 4.78 is 5.44. The van der Waals surface area contributed by atoms with E-state index >= 15 is 0 Å². The Balaban J connectivity index is 1.80. The van der Waals surface area contributed by atoms with Crippen LogP contribution in [0, 0.1) is 17.8 Å². The Hall–Kier alpha value is -3.33. The van der Waals surface area contributed by atoms with Crippen molar-refractivity contribution in [2.45, 2.75) is 40.2 Å². The van der Waals surface area contributed by atoms with Gasteiger partial charge in [-0.25, -0.2) is 0 Å². The van der Waals surface area contributed by atoms with Crippen molar-refractivity contribution in [1.29, 1.82) is 0 Å². The van der Waals surface area contributed by atoms with Crippen molar-refractivity contribution in [1.82, 2.24) is 10.3 Å². The summed E-state index contributed by atoms with van der Waals surface area (Å²) in [5.74, 6) is 2.31. The van der Waals surface area contributed by atoms with Crippen molar-refractivity contribution < 1.29 is 4.74 Å². The molecule has 0 saturated heterocycles. The third kappa shape index (κ3) is 5.25. The van der Waals surface area contributed by atoms with Gasteiger partial charge in [0.2, 0.25) is 0 Å². The summed E-state index contributed by atoms with van der Waals surface area (Å²) >= 11 is 0. The van der Waals surface area contributed by atoms with Crippen LogP contribution in [-0.4, -0.2) is 12.1 Å². The summed E-state index contributed by atoms with van der Waals surface area (Å²) in [5, 5.41) is 3.99. The predicted molar refractivity (Wildman–Crippen MR) is 142 cm³/mol. The molecule has 0 spiro atoms. The molecule has 0 bridgehead atoms. The second-order valence-electron chi connectivity index (χ2n) is 9.68. The standard InChI is InChI=1S/C31H36N2O/c1-21(2)26-16-10-17-27(22(3)4)31(26)33-30(23-12-7-6-8-13-23)29-19-11-18-28(32-29)24-14-9-15-25(20-24)34-5/h6-16,18-22,27,30,33H,17H2,1-5H3. The fraction of sp³-hybridized carbons (Fsp3) is 0.323. The van der Waals surface area contributed by atoms with Crippen LogP contribution in [0.25, 0.3) is 11.3 Å². The van der Waals surface area contributed by atoms with Gasteiger partial charge in [-0.3, -0.25) is 4.98 Å². The smallest absolute Gasteiger partial charge is 0.119 e. The molecule has 1 N–H and O–H groups in total. The van der Waals surface area contributed by atoms with Gasteiger partial charge in [0.1, 0.15) is 5.75 Å². The number of aromatic nitrogens is 1. The van der Waals surface area contributed by atoms with Gasteiger partial charge in [0.25, 0.3) is 0 Å². The Morgan fingerprint density at radius 3 is 2.38 bits per heavy atom. The fourth-order valence-electron chi connectivity index (χ4n) is 4.75. The predicted octanol–water partition coefficient (Wildman–Crippen LogP) is 7.58. The average Bonchev–Trinajstić information content (AvgIpc) is 2.87. The molecule has 4 rings (SSSR count). The highest BCUT2D eigenvalue weighted by Crippen LogP contribution is 2.36. The van der Waals surface area contributed by atoms with E-state index in [-0.39, 0.29) is 6.04 Å². The second-order valence-corrected chi connectivity index (χ2v) is 9.68. The van der Waals surface area contributed by atoms with Crippen LogP contribution in [0.1, 0.15) is 51.4 Å². The second kappa shape index (κ2) is 10.7. The van der Waals surface area contributed by atoms with Gasteiger partial charge in [0, 0.05) is 17.2 Å². The van der Waals surface area contributed by atoms with Crippen LogP contribution >= 0.6 is 0 Å². The Kier molecular flexibility index (Phi) is 7.52. The molecular formula is C31H36N2O. The molecule has 1 aromatic heterocycles. The molecule has 176 valence electrons. The number of ether oxygens (including phenoxy) is 1. The van der Waals surface area contributed by atoms with Gasteiger partial charge < -0.3 is 10.1 Å². The number of hydrogen-bond donors (Lipinski definition) is 1. The summed E-state index contributed by atoms with van der Waals surface area (Å²) in [6.45, 7) is 9.21. The van der Waals surface area contributed by atoms with Crippen LogP contribution in [0.4, 0.5) is 0 Å². The minimum Gasteiger partial charge on any atom is -0.497 e. The Bertz CT molecular complexity index is 1160. The number of rotatable bonds is 8. The van der Waals surface area contributed by atoms with Crippen LogP contribution < -0.4 is 10.1 Å². The highest BCUT2D eigenvalue weighted by atomic mass is 16.5. The molecule has 2 aromatic carbocycles. The lowest BCUT2D eigenvalue weighted by Gasteiger charge is -2.34. The van der Waals surface area contributed by atoms with Crippen molar-refractivity contribution in [2.75, 3.05) is 7.11 Å². The largest absolute Gasteiger partial charge is 0.497 e. The molecule has 3 heteroatoms. The molecule has 0 saturated carbocycles. The van der Waals surface area contributed by atoms with Crippen LogP contribution in [0.15, 0.2) is 96.2 Å². The number of nitrogens with zero attached hydrogens (tertiary/aromatic N) is 1. The van der Waals surface area contributed by atoms with Crippen LogP contribution in [0.3, 0.4) is 0 Å². The normalized spacial score (nSPS) is 16.7. The van der Waals surface area contributed by atoms with Crippen molar-refractivity contribution >= 4 is 0 Å². The Morgan fingerprint density at radius 1 is 0.912 bits per heavy atom. The van der Waals surface area contributed by atoms with E-state index in [4.69, 9.17) is 9.72 Å². The highest BCUT2D eigenvalue weighted by Gasteiger charge is 2.28. The number of methoxy groups -OCH3 is 1. The molecule has 3 aromatic rings. The fourth-order valence-corrected chi connectivity index (χ4v) is 4.75. The van der Waals surface area contributed by atoms with Gasteiger partial charge in [-0.2, -0.15) is 0 Å². The van der Waals surface area contributed by atoms with Crippen LogP contribution in [0.2, 0.25) is 0 Å². The zero-order chi connectivity index (χ0) is 24.1. The number of pyridine rings is 1. The van der Waals surface area contributed by atoms with Gasteiger partial charge in [-0.05, 0) is 53.7 Å². The Labute approximate surface area is 204 Å². The first-order valence-corrected chi connectivity index (χ1v) is 12.3. The van der Waals surface area contributed by atoms with Gasteiger partial charge in [-0.1, -0.05) is 88.4 Å². The summed E-state index contributed by atoms with van der Waals surface area (Å²) in [5.41, 5.74) is 6.98. The maximum absolute atomic E-state index is 5.44. The third-order valence-corrected chi connectivity index (χ3v) is 6.66. The van der Waals surface area contributed by atoms with Gasteiger partial charge in [0.05, 0.1) is 24.5 Å². The SMILES string of the molecule is COc1cccc(-c2cccc(C(NC3=C(C(C)C)C=CCC3C(C)C)c3ccccc3)n2)c1. The van der Waals surface area contributed by atoms with Gasteiger partial charge in [0.15, 0.2) is 0 Å². The maximum Gasteiger partial charge on any atom is 0.119 e. The van der Waals surface area contributed by atoms with Crippen LogP contribution in [-0.2, 0) is 0 Å². The number of hydrogen-bond acceptors (Lipinski definition) is 3. The molecule has 1 aliphatic carbocycles. The molecule has 1 aliphatic rings. The topological polar surface area (TPSA) is 34.1 Å².